The first-order chi connectivity index (χ1) is 11.6. The molecule has 0 radical (unpaired) electrons. The maximum atomic E-state index is 12.5. The molecule has 6 heteroatoms. The summed E-state index contributed by atoms with van der Waals surface area (Å²) in [6.07, 6.45) is 2.85. The second-order valence-electron chi connectivity index (χ2n) is 6.24. The van der Waals surface area contributed by atoms with Crippen LogP contribution < -0.4 is 4.74 Å². The summed E-state index contributed by atoms with van der Waals surface area (Å²) >= 11 is 3.42. The molecule has 2 aliphatic heterocycles. The van der Waals surface area contributed by atoms with Gasteiger partial charge in [-0.3, -0.25) is 9.59 Å². The predicted octanol–water partition coefficient (Wildman–Crippen LogP) is 2.46. The molecule has 0 unspecified atom stereocenters. The highest BCUT2D eigenvalue weighted by molar-refractivity contribution is 9.10. The fourth-order valence-electron chi connectivity index (χ4n) is 3.16. The Balaban J connectivity index is 1.44. The summed E-state index contributed by atoms with van der Waals surface area (Å²) < 4.78 is 6.85. The third kappa shape index (κ3) is 3.80. The van der Waals surface area contributed by atoms with E-state index in [9.17, 15) is 9.59 Å². The van der Waals surface area contributed by atoms with E-state index in [1.165, 1.54) is 6.08 Å². The summed E-state index contributed by atoms with van der Waals surface area (Å²) in [4.78, 5) is 27.7. The summed E-state index contributed by atoms with van der Waals surface area (Å²) in [7, 11) is 0. The van der Waals surface area contributed by atoms with Gasteiger partial charge in [0.1, 0.15) is 11.9 Å². The molecule has 128 valence electrons. The van der Waals surface area contributed by atoms with Gasteiger partial charge in [0, 0.05) is 23.5 Å². The predicted molar refractivity (Wildman–Crippen MR) is 94.6 cm³/mol. The molecule has 2 saturated heterocycles. The Morgan fingerprint density at radius 1 is 1.21 bits per heavy atom. The van der Waals surface area contributed by atoms with E-state index in [-0.39, 0.29) is 23.8 Å². The smallest absolute Gasteiger partial charge is 0.245 e. The number of ether oxygens (including phenoxy) is 1. The molecular formula is C18H21BrN2O3. The molecule has 2 fully saturated rings. The lowest BCUT2D eigenvalue weighted by Crippen LogP contribution is -2.58. The van der Waals surface area contributed by atoms with Gasteiger partial charge in [-0.05, 0) is 37.1 Å². The van der Waals surface area contributed by atoms with Crippen molar-refractivity contribution < 1.29 is 14.3 Å². The fourth-order valence-corrected chi connectivity index (χ4v) is 3.54. The van der Waals surface area contributed by atoms with Gasteiger partial charge in [-0.2, -0.15) is 0 Å². The van der Waals surface area contributed by atoms with Crippen LogP contribution in [0.15, 0.2) is 41.4 Å². The highest BCUT2D eigenvalue weighted by Gasteiger charge is 2.37. The molecule has 2 aliphatic rings. The van der Waals surface area contributed by atoms with E-state index >= 15 is 0 Å². The van der Waals surface area contributed by atoms with E-state index in [4.69, 9.17) is 4.74 Å². The molecule has 1 aromatic carbocycles. The number of benzene rings is 1. The van der Waals surface area contributed by atoms with Gasteiger partial charge in [-0.25, -0.2) is 0 Å². The van der Waals surface area contributed by atoms with Crippen molar-refractivity contribution in [1.29, 1.82) is 0 Å². The van der Waals surface area contributed by atoms with Gasteiger partial charge in [0.05, 0.1) is 13.1 Å². The lowest BCUT2D eigenvalue weighted by atomic mass is 9.93. The Hall–Kier alpha value is -1.82. The highest BCUT2D eigenvalue weighted by Crippen LogP contribution is 2.25. The Labute approximate surface area is 150 Å². The molecule has 0 aliphatic carbocycles. The summed E-state index contributed by atoms with van der Waals surface area (Å²) in [6.45, 7) is 6.04. The van der Waals surface area contributed by atoms with Crippen LogP contribution in [0.5, 0.6) is 5.75 Å². The summed E-state index contributed by atoms with van der Waals surface area (Å²) in [6, 6.07) is 7.73. The number of carbonyl (C=O) groups excluding carboxylic acids is 2. The van der Waals surface area contributed by atoms with Gasteiger partial charge in [0.15, 0.2) is 0 Å². The van der Waals surface area contributed by atoms with Crippen LogP contribution >= 0.6 is 15.9 Å². The quantitative estimate of drug-likeness (QED) is 0.739. The Morgan fingerprint density at radius 2 is 1.92 bits per heavy atom. The lowest BCUT2D eigenvalue weighted by Gasteiger charge is -2.42. The molecule has 2 amide bonds. The lowest BCUT2D eigenvalue weighted by molar-refractivity contribution is -0.147. The van der Waals surface area contributed by atoms with Gasteiger partial charge in [-0.1, -0.05) is 28.6 Å². The van der Waals surface area contributed by atoms with Crippen LogP contribution in [0, 0.1) is 5.92 Å². The average Bonchev–Trinajstić information content (AvgIpc) is 2.56. The molecule has 0 N–H and O–H groups in total. The standard InChI is InChI=1S/C18H21BrN2O3/c1-2-17(22)20-8-6-13(7-9-20)18(23)21-11-16(12-21)24-15-5-3-4-14(19)10-15/h2-5,10,13,16H,1,6-9,11-12H2. The van der Waals surface area contributed by atoms with Crippen LogP contribution in [-0.4, -0.2) is 53.9 Å². The number of hydrogen-bond donors (Lipinski definition) is 0. The van der Waals surface area contributed by atoms with Crippen LogP contribution in [0.4, 0.5) is 0 Å². The molecule has 2 heterocycles. The van der Waals surface area contributed by atoms with E-state index in [0.29, 0.717) is 26.2 Å². The Bertz CT molecular complexity index is 635. The number of carbonyl (C=O) groups is 2. The van der Waals surface area contributed by atoms with E-state index in [1.807, 2.05) is 29.2 Å². The van der Waals surface area contributed by atoms with Gasteiger partial charge in [0.2, 0.25) is 11.8 Å². The number of amides is 2. The fraction of sp³-hybridized carbons (Fsp3) is 0.444. The van der Waals surface area contributed by atoms with Crippen LogP contribution in [-0.2, 0) is 9.59 Å². The highest BCUT2D eigenvalue weighted by atomic mass is 79.9. The van der Waals surface area contributed by atoms with Gasteiger partial charge < -0.3 is 14.5 Å². The molecule has 5 nitrogen and oxygen atoms in total. The minimum Gasteiger partial charge on any atom is -0.487 e. The SMILES string of the molecule is C=CC(=O)N1CCC(C(=O)N2CC(Oc3cccc(Br)c3)C2)CC1. The van der Waals surface area contributed by atoms with Gasteiger partial charge in [-0.15, -0.1) is 0 Å². The Morgan fingerprint density at radius 3 is 2.54 bits per heavy atom. The van der Waals surface area contributed by atoms with Crippen LogP contribution in [0.1, 0.15) is 12.8 Å². The van der Waals surface area contributed by atoms with Gasteiger partial charge >= 0.3 is 0 Å². The third-order valence-corrected chi connectivity index (χ3v) is 5.08. The normalized spacial score (nSPS) is 18.9. The zero-order valence-corrected chi connectivity index (χ0v) is 15.1. The molecular weight excluding hydrogens is 372 g/mol. The minimum atomic E-state index is -0.0488. The number of rotatable bonds is 4. The molecule has 0 atom stereocenters. The number of halogens is 1. The van der Waals surface area contributed by atoms with Crippen LogP contribution in [0.3, 0.4) is 0 Å². The van der Waals surface area contributed by atoms with Crippen molar-refractivity contribution in [2.24, 2.45) is 5.92 Å². The first kappa shape index (κ1) is 17.0. The molecule has 0 aromatic heterocycles. The molecule has 1 aromatic rings. The minimum absolute atomic E-state index is 0.0192. The second-order valence-corrected chi connectivity index (χ2v) is 7.16. The van der Waals surface area contributed by atoms with Crippen molar-refractivity contribution in [1.82, 2.24) is 9.80 Å². The largest absolute Gasteiger partial charge is 0.487 e. The van der Waals surface area contributed by atoms with Gasteiger partial charge in [0.25, 0.3) is 0 Å². The first-order valence-corrected chi connectivity index (χ1v) is 8.98. The van der Waals surface area contributed by atoms with Crippen molar-refractivity contribution in [3.63, 3.8) is 0 Å². The zero-order valence-electron chi connectivity index (χ0n) is 13.5. The van der Waals surface area contributed by atoms with Crippen molar-refractivity contribution in [3.05, 3.63) is 41.4 Å². The number of nitrogens with zero attached hydrogens (tertiary/aromatic N) is 2. The van der Waals surface area contributed by atoms with Crippen LogP contribution in [0.2, 0.25) is 0 Å². The monoisotopic (exact) mass is 392 g/mol. The van der Waals surface area contributed by atoms with E-state index in [2.05, 4.69) is 22.5 Å². The summed E-state index contributed by atoms with van der Waals surface area (Å²) in [5, 5.41) is 0. The van der Waals surface area contributed by atoms with Crippen molar-refractivity contribution in [3.8, 4) is 5.75 Å². The number of hydrogen-bond acceptors (Lipinski definition) is 3. The van der Waals surface area contributed by atoms with Crippen LogP contribution in [0.25, 0.3) is 0 Å². The van der Waals surface area contributed by atoms with E-state index < -0.39 is 0 Å². The Kier molecular flexibility index (Phi) is 5.23. The summed E-state index contributed by atoms with van der Waals surface area (Å²) in [5.74, 6) is 0.977. The molecule has 0 bridgehead atoms. The topological polar surface area (TPSA) is 49.9 Å². The molecule has 0 saturated carbocycles. The van der Waals surface area contributed by atoms with Crippen molar-refractivity contribution in [2.75, 3.05) is 26.2 Å². The molecule has 24 heavy (non-hydrogen) atoms. The summed E-state index contributed by atoms with van der Waals surface area (Å²) in [5.41, 5.74) is 0. The molecule has 3 rings (SSSR count). The average molecular weight is 393 g/mol. The first-order valence-electron chi connectivity index (χ1n) is 8.19. The molecule has 0 spiro atoms. The van der Waals surface area contributed by atoms with Crippen molar-refractivity contribution in [2.45, 2.75) is 18.9 Å². The number of likely N-dealkylation sites (tertiary alicyclic amines) is 2. The maximum Gasteiger partial charge on any atom is 0.245 e. The second kappa shape index (κ2) is 7.38. The number of piperidine rings is 1. The van der Waals surface area contributed by atoms with E-state index in [1.54, 1.807) is 4.90 Å². The van der Waals surface area contributed by atoms with E-state index in [0.717, 1.165) is 23.1 Å². The van der Waals surface area contributed by atoms with Crippen molar-refractivity contribution >= 4 is 27.7 Å². The third-order valence-electron chi connectivity index (χ3n) is 4.59. The zero-order chi connectivity index (χ0) is 17.1. The maximum absolute atomic E-state index is 12.5.